The second-order valence-corrected chi connectivity index (χ2v) is 3.83. The van der Waals surface area contributed by atoms with Crippen molar-refractivity contribution in [1.82, 2.24) is 4.98 Å². The molecule has 0 aliphatic carbocycles. The van der Waals surface area contributed by atoms with Crippen molar-refractivity contribution in [2.75, 3.05) is 7.11 Å². The summed E-state index contributed by atoms with van der Waals surface area (Å²) in [6.45, 7) is 0. The first-order chi connectivity index (χ1) is 7.29. The Hall–Kier alpha value is -1.62. The molecule has 0 bridgehead atoms. The van der Waals surface area contributed by atoms with Gasteiger partial charge in [0.05, 0.1) is 31.8 Å². The number of esters is 1. The van der Waals surface area contributed by atoms with Gasteiger partial charge in [-0.2, -0.15) is 0 Å². The van der Waals surface area contributed by atoms with Crippen LogP contribution in [0.15, 0.2) is 28.4 Å². The van der Waals surface area contributed by atoms with Crippen LogP contribution < -0.4 is 0 Å². The Morgan fingerprint density at radius 2 is 2.53 bits per heavy atom. The summed E-state index contributed by atoms with van der Waals surface area (Å²) in [5.74, 6) is -0.275. The zero-order chi connectivity index (χ0) is 10.7. The van der Waals surface area contributed by atoms with Crippen molar-refractivity contribution >= 4 is 17.3 Å². The highest BCUT2D eigenvalue weighted by Crippen LogP contribution is 2.22. The smallest absolute Gasteiger partial charge is 0.312 e. The fourth-order valence-electron chi connectivity index (χ4n) is 1.13. The number of methoxy groups -OCH3 is 1. The first-order valence-electron chi connectivity index (χ1n) is 4.33. The molecule has 0 saturated carbocycles. The van der Waals surface area contributed by atoms with Crippen molar-refractivity contribution in [1.29, 1.82) is 0 Å². The molecule has 0 spiro atoms. The average molecular weight is 223 g/mol. The van der Waals surface area contributed by atoms with Crippen LogP contribution in [0, 0.1) is 0 Å². The maximum atomic E-state index is 11.0. The zero-order valence-electron chi connectivity index (χ0n) is 8.10. The van der Waals surface area contributed by atoms with Crippen LogP contribution in [0.25, 0.3) is 11.3 Å². The molecule has 0 aliphatic heterocycles. The Kier molecular flexibility index (Phi) is 2.82. The number of carbonyl (C=O) groups is 1. The minimum atomic E-state index is -0.275. The van der Waals surface area contributed by atoms with E-state index in [0.717, 1.165) is 16.3 Å². The molecule has 0 atom stereocenters. The maximum absolute atomic E-state index is 11.0. The van der Waals surface area contributed by atoms with Crippen LogP contribution in [-0.2, 0) is 16.0 Å². The molecule has 4 nitrogen and oxygen atoms in total. The summed E-state index contributed by atoms with van der Waals surface area (Å²) in [6.07, 6.45) is 3.44. The molecule has 15 heavy (non-hydrogen) atoms. The van der Waals surface area contributed by atoms with E-state index in [1.54, 1.807) is 12.5 Å². The Bertz CT molecular complexity index is 447. The number of carbonyl (C=O) groups excluding carboxylic acids is 1. The van der Waals surface area contributed by atoms with Gasteiger partial charge in [-0.3, -0.25) is 4.79 Å². The molecule has 0 radical (unpaired) electrons. The summed E-state index contributed by atoms with van der Waals surface area (Å²) in [6, 6.07) is 1.83. The first-order valence-corrected chi connectivity index (χ1v) is 5.21. The summed E-state index contributed by atoms with van der Waals surface area (Å²) in [5, 5.41) is 2.64. The SMILES string of the molecule is COC(=O)Cc1nc(-c2ccoc2)cs1. The van der Waals surface area contributed by atoms with Gasteiger partial charge in [0.15, 0.2) is 0 Å². The molecule has 0 amide bonds. The van der Waals surface area contributed by atoms with E-state index in [0.29, 0.717) is 0 Å². The fourth-order valence-corrected chi connectivity index (χ4v) is 1.92. The van der Waals surface area contributed by atoms with Crippen molar-refractivity contribution in [3.63, 3.8) is 0 Å². The van der Waals surface area contributed by atoms with Crippen LogP contribution in [0.2, 0.25) is 0 Å². The normalized spacial score (nSPS) is 10.2. The van der Waals surface area contributed by atoms with Crippen LogP contribution in [0.5, 0.6) is 0 Å². The standard InChI is InChI=1S/C10H9NO3S/c1-13-10(12)4-9-11-8(6-15-9)7-2-3-14-5-7/h2-3,5-6H,4H2,1H3. The van der Waals surface area contributed by atoms with Gasteiger partial charge in [0, 0.05) is 10.9 Å². The molecular weight excluding hydrogens is 214 g/mol. The number of furan rings is 1. The van der Waals surface area contributed by atoms with Crippen molar-refractivity contribution < 1.29 is 13.9 Å². The lowest BCUT2D eigenvalue weighted by atomic mass is 10.3. The Morgan fingerprint density at radius 1 is 1.67 bits per heavy atom. The third-order valence-electron chi connectivity index (χ3n) is 1.89. The summed E-state index contributed by atoms with van der Waals surface area (Å²) >= 11 is 1.44. The van der Waals surface area contributed by atoms with E-state index >= 15 is 0 Å². The second kappa shape index (κ2) is 4.27. The van der Waals surface area contributed by atoms with Crippen molar-refractivity contribution in [2.24, 2.45) is 0 Å². The predicted octanol–water partition coefficient (Wildman–Crippen LogP) is 2.12. The summed E-state index contributed by atoms with van der Waals surface area (Å²) in [5.41, 5.74) is 1.75. The quantitative estimate of drug-likeness (QED) is 0.748. The Morgan fingerprint density at radius 3 is 3.20 bits per heavy atom. The average Bonchev–Trinajstić information content (AvgIpc) is 2.85. The number of nitrogens with zero attached hydrogens (tertiary/aromatic N) is 1. The lowest BCUT2D eigenvalue weighted by Crippen LogP contribution is -2.03. The number of ether oxygens (including phenoxy) is 1. The number of rotatable bonds is 3. The number of aromatic nitrogens is 1. The molecule has 2 heterocycles. The molecule has 2 rings (SSSR count). The van der Waals surface area contributed by atoms with E-state index in [9.17, 15) is 4.79 Å². The zero-order valence-corrected chi connectivity index (χ0v) is 8.91. The number of hydrogen-bond donors (Lipinski definition) is 0. The highest BCUT2D eigenvalue weighted by atomic mass is 32.1. The maximum Gasteiger partial charge on any atom is 0.312 e. The third kappa shape index (κ3) is 2.24. The van der Waals surface area contributed by atoms with Gasteiger partial charge in [-0.15, -0.1) is 11.3 Å². The first kappa shape index (κ1) is 9.92. The molecule has 2 aromatic heterocycles. The van der Waals surface area contributed by atoms with Crippen LogP contribution in [0.1, 0.15) is 5.01 Å². The van der Waals surface area contributed by atoms with E-state index in [4.69, 9.17) is 4.42 Å². The van der Waals surface area contributed by atoms with Gasteiger partial charge in [-0.25, -0.2) is 4.98 Å². The van der Waals surface area contributed by atoms with Crippen LogP contribution in [-0.4, -0.2) is 18.1 Å². The minimum absolute atomic E-state index is 0.221. The van der Waals surface area contributed by atoms with Crippen LogP contribution in [0.4, 0.5) is 0 Å². The molecule has 5 heteroatoms. The van der Waals surface area contributed by atoms with E-state index in [2.05, 4.69) is 9.72 Å². The van der Waals surface area contributed by atoms with Gasteiger partial charge in [0.2, 0.25) is 0 Å². The Balaban J connectivity index is 2.14. The van der Waals surface area contributed by atoms with Gasteiger partial charge >= 0.3 is 5.97 Å². The molecule has 0 aliphatic rings. The number of hydrogen-bond acceptors (Lipinski definition) is 5. The van der Waals surface area contributed by atoms with Crippen LogP contribution >= 0.6 is 11.3 Å². The lowest BCUT2D eigenvalue weighted by molar-refractivity contribution is -0.139. The summed E-state index contributed by atoms with van der Waals surface area (Å²) < 4.78 is 9.52. The van der Waals surface area contributed by atoms with Gasteiger partial charge in [-0.05, 0) is 6.07 Å². The van der Waals surface area contributed by atoms with Gasteiger partial charge in [0.25, 0.3) is 0 Å². The van der Waals surface area contributed by atoms with Gasteiger partial charge < -0.3 is 9.15 Å². The van der Waals surface area contributed by atoms with Gasteiger partial charge in [-0.1, -0.05) is 0 Å². The van der Waals surface area contributed by atoms with Crippen molar-refractivity contribution in [2.45, 2.75) is 6.42 Å². The molecule has 0 N–H and O–H groups in total. The monoisotopic (exact) mass is 223 g/mol. The van der Waals surface area contributed by atoms with E-state index in [-0.39, 0.29) is 12.4 Å². The molecular formula is C10H9NO3S. The lowest BCUT2D eigenvalue weighted by Gasteiger charge is -1.93. The Labute approximate surface area is 90.5 Å². The molecule has 0 aromatic carbocycles. The summed E-state index contributed by atoms with van der Waals surface area (Å²) in [4.78, 5) is 15.3. The minimum Gasteiger partial charge on any atom is -0.472 e. The highest BCUT2D eigenvalue weighted by molar-refractivity contribution is 7.10. The number of thiazole rings is 1. The van der Waals surface area contributed by atoms with Crippen LogP contribution in [0.3, 0.4) is 0 Å². The predicted molar refractivity (Wildman–Crippen MR) is 55.5 cm³/mol. The molecule has 78 valence electrons. The fraction of sp³-hybridized carbons (Fsp3) is 0.200. The van der Waals surface area contributed by atoms with E-state index < -0.39 is 0 Å². The largest absolute Gasteiger partial charge is 0.472 e. The van der Waals surface area contributed by atoms with Crippen molar-refractivity contribution in [3.8, 4) is 11.3 Å². The topological polar surface area (TPSA) is 52.3 Å². The molecule has 0 unspecified atom stereocenters. The second-order valence-electron chi connectivity index (χ2n) is 2.89. The molecule has 0 fully saturated rings. The van der Waals surface area contributed by atoms with E-state index in [1.807, 2.05) is 11.4 Å². The van der Waals surface area contributed by atoms with E-state index in [1.165, 1.54) is 18.4 Å². The van der Waals surface area contributed by atoms with Crippen molar-refractivity contribution in [3.05, 3.63) is 29.0 Å². The molecule has 2 aromatic rings. The highest BCUT2D eigenvalue weighted by Gasteiger charge is 2.09. The third-order valence-corrected chi connectivity index (χ3v) is 2.74. The summed E-state index contributed by atoms with van der Waals surface area (Å²) in [7, 11) is 1.37. The molecule has 0 saturated heterocycles. The van der Waals surface area contributed by atoms with Gasteiger partial charge in [0.1, 0.15) is 5.01 Å².